The Morgan fingerprint density at radius 3 is 1.29 bits per heavy atom. The van der Waals surface area contributed by atoms with Crippen molar-refractivity contribution in [3.8, 4) is 0 Å². The van der Waals surface area contributed by atoms with Crippen molar-refractivity contribution in [3.63, 3.8) is 0 Å². The SMILES string of the molecule is CC(C)N=P(Cl)(C(Cl)(Cl)Cl)C(Cl)(Cl)Cl. The van der Waals surface area contributed by atoms with E-state index in [0.717, 1.165) is 0 Å². The molecule has 0 aromatic rings. The topological polar surface area (TPSA) is 12.4 Å². The summed E-state index contributed by atoms with van der Waals surface area (Å²) in [5.74, 6) is 0. The van der Waals surface area contributed by atoms with Crippen molar-refractivity contribution in [2.24, 2.45) is 4.74 Å². The van der Waals surface area contributed by atoms with E-state index < -0.39 is 13.5 Å². The summed E-state index contributed by atoms with van der Waals surface area (Å²) < 4.78 is 0.239. The van der Waals surface area contributed by atoms with E-state index in [1.54, 1.807) is 13.8 Å². The highest BCUT2D eigenvalue weighted by atomic mass is 35.7. The van der Waals surface area contributed by atoms with E-state index in [4.69, 9.17) is 80.8 Å². The van der Waals surface area contributed by atoms with E-state index in [1.165, 1.54) is 0 Å². The average Bonchev–Trinajstić information content (AvgIpc) is 1.79. The molecule has 0 aliphatic carbocycles. The van der Waals surface area contributed by atoms with E-state index in [-0.39, 0.29) is 6.04 Å². The van der Waals surface area contributed by atoms with Gasteiger partial charge >= 0.3 is 0 Å². The highest BCUT2D eigenvalue weighted by Gasteiger charge is 2.53. The summed E-state index contributed by atoms with van der Waals surface area (Å²) in [6.07, 6.45) is -3.20. The van der Waals surface area contributed by atoms with Gasteiger partial charge in [0.15, 0.2) is 6.41 Å². The Bertz CT molecular complexity index is 232. The summed E-state index contributed by atoms with van der Waals surface area (Å²) in [5.41, 5.74) is 0. The molecular formula is C5H7Cl7NP. The summed E-state index contributed by atoms with van der Waals surface area (Å²) in [5, 5.41) is 0. The first-order valence-electron chi connectivity index (χ1n) is 3.36. The molecule has 0 N–H and O–H groups in total. The van der Waals surface area contributed by atoms with Crippen LogP contribution in [0.3, 0.4) is 0 Å². The van der Waals surface area contributed by atoms with Gasteiger partial charge in [-0.05, 0) is 13.8 Å². The fraction of sp³-hybridized carbons (Fsp3) is 1.00. The first-order chi connectivity index (χ1) is 5.92. The molecule has 0 radical (unpaired) electrons. The monoisotopic (exact) mass is 357 g/mol. The second kappa shape index (κ2) is 5.27. The minimum absolute atomic E-state index is 0.188. The van der Waals surface area contributed by atoms with E-state index >= 15 is 0 Å². The maximum absolute atomic E-state index is 6.04. The van der Waals surface area contributed by atoms with E-state index in [9.17, 15) is 0 Å². The van der Waals surface area contributed by atoms with Gasteiger partial charge in [0.25, 0.3) is 0 Å². The summed E-state index contributed by atoms with van der Waals surface area (Å²) in [4.78, 5) is 0. The number of hydrogen-bond acceptors (Lipinski definition) is 1. The second-order valence-electron chi connectivity index (χ2n) is 2.70. The van der Waals surface area contributed by atoms with Gasteiger partial charge in [0.05, 0.1) is 0 Å². The zero-order chi connectivity index (χ0) is 11.8. The number of alkyl halides is 6. The van der Waals surface area contributed by atoms with E-state index in [0.29, 0.717) is 0 Å². The molecule has 0 rings (SSSR count). The molecule has 0 bridgehead atoms. The predicted molar refractivity (Wildman–Crippen MR) is 70.9 cm³/mol. The van der Waals surface area contributed by atoms with Gasteiger partial charge in [-0.25, -0.2) is 0 Å². The van der Waals surface area contributed by atoms with Gasteiger partial charge in [0, 0.05) is 6.04 Å². The van der Waals surface area contributed by atoms with Gasteiger partial charge in [0.1, 0.15) is 0 Å². The van der Waals surface area contributed by atoms with Gasteiger partial charge in [-0.3, -0.25) is 4.74 Å². The van der Waals surface area contributed by atoms with Crippen molar-refractivity contribution in [1.29, 1.82) is 0 Å². The molecular weight excluding hydrogens is 353 g/mol. The van der Waals surface area contributed by atoms with Crippen molar-refractivity contribution in [1.82, 2.24) is 0 Å². The lowest BCUT2D eigenvalue weighted by atomic mass is 10.4. The lowest BCUT2D eigenvalue weighted by Crippen LogP contribution is -2.14. The third-order valence-electron chi connectivity index (χ3n) is 1.06. The zero-order valence-corrected chi connectivity index (χ0v) is 13.3. The molecule has 0 aliphatic heterocycles. The quantitative estimate of drug-likeness (QED) is 0.379. The molecule has 0 saturated heterocycles. The maximum atomic E-state index is 6.04. The van der Waals surface area contributed by atoms with Crippen molar-refractivity contribution >= 4 is 87.3 Å². The van der Waals surface area contributed by atoms with Gasteiger partial charge in [-0.1, -0.05) is 80.8 Å². The molecule has 0 fully saturated rings. The summed E-state index contributed by atoms with van der Waals surface area (Å²) in [6, 6.07) is -0.188. The number of rotatable bonds is 1. The minimum atomic E-state index is -3.20. The number of hydrogen-bond donors (Lipinski definition) is 0. The standard InChI is InChI=1S/C5H7Cl7NP/c1-3(2)13-14(12,4(6,7)8)5(9,10)11/h3H,1-2H3. The summed E-state index contributed by atoms with van der Waals surface area (Å²) in [6.45, 7) is 3.51. The van der Waals surface area contributed by atoms with Crippen LogP contribution in [0.2, 0.25) is 0 Å². The molecule has 0 saturated carbocycles. The predicted octanol–water partition coefficient (Wildman–Crippen LogP) is 6.41. The molecule has 0 heterocycles. The first-order valence-corrected chi connectivity index (χ1v) is 8.28. The zero-order valence-electron chi connectivity index (χ0n) is 7.12. The van der Waals surface area contributed by atoms with Crippen LogP contribution in [0.1, 0.15) is 13.8 Å². The maximum Gasteiger partial charge on any atom is 0.240 e. The van der Waals surface area contributed by atoms with Crippen LogP contribution in [-0.2, 0) is 0 Å². The minimum Gasteiger partial charge on any atom is -0.277 e. The lowest BCUT2D eigenvalue weighted by molar-refractivity contribution is 0.845. The fourth-order valence-corrected chi connectivity index (χ4v) is 6.54. The van der Waals surface area contributed by atoms with Gasteiger partial charge in [-0.2, -0.15) is 0 Å². The van der Waals surface area contributed by atoms with Crippen molar-refractivity contribution in [2.45, 2.75) is 27.0 Å². The normalized spacial score (nSPS) is 14.7. The molecule has 0 atom stereocenters. The highest BCUT2D eigenvalue weighted by molar-refractivity contribution is 8.00. The average molecular weight is 360 g/mol. The molecule has 9 heteroatoms. The molecule has 1 nitrogen and oxygen atoms in total. The third kappa shape index (κ3) is 3.93. The van der Waals surface area contributed by atoms with Crippen LogP contribution in [0.5, 0.6) is 0 Å². The van der Waals surface area contributed by atoms with Crippen LogP contribution in [0.4, 0.5) is 0 Å². The molecule has 0 unspecified atom stereocenters. The lowest BCUT2D eigenvalue weighted by Gasteiger charge is -2.31. The van der Waals surface area contributed by atoms with Crippen LogP contribution < -0.4 is 0 Å². The Morgan fingerprint density at radius 1 is 0.929 bits per heavy atom. The second-order valence-corrected chi connectivity index (χ2v) is 13.0. The molecule has 0 spiro atoms. The molecule has 86 valence electrons. The van der Waals surface area contributed by atoms with Crippen LogP contribution in [0.25, 0.3) is 0 Å². The van der Waals surface area contributed by atoms with Crippen LogP contribution >= 0.6 is 87.3 Å². The molecule has 0 aromatic carbocycles. The van der Waals surface area contributed by atoms with Gasteiger partial charge < -0.3 is 0 Å². The van der Waals surface area contributed by atoms with Gasteiger partial charge in [0.2, 0.25) is 7.07 Å². The van der Waals surface area contributed by atoms with E-state index in [2.05, 4.69) is 4.74 Å². The summed E-state index contributed by atoms with van der Waals surface area (Å²) in [7, 11) is 0. The number of nitrogens with zero attached hydrogens (tertiary/aromatic N) is 1. The largest absolute Gasteiger partial charge is 0.277 e. The Balaban J connectivity index is 5.54. The smallest absolute Gasteiger partial charge is 0.240 e. The Hall–Kier alpha value is 2.26. The molecule has 0 aliphatic rings. The Labute approximate surface area is 118 Å². The molecule has 14 heavy (non-hydrogen) atoms. The van der Waals surface area contributed by atoms with Crippen molar-refractivity contribution in [3.05, 3.63) is 0 Å². The number of halogens is 7. The molecule has 0 aromatic heterocycles. The van der Waals surface area contributed by atoms with Crippen molar-refractivity contribution in [2.75, 3.05) is 0 Å². The Morgan fingerprint density at radius 2 is 1.21 bits per heavy atom. The van der Waals surface area contributed by atoms with E-state index in [1.807, 2.05) is 0 Å². The fourth-order valence-electron chi connectivity index (χ4n) is 0.593. The van der Waals surface area contributed by atoms with Gasteiger partial charge in [-0.15, -0.1) is 0 Å². The highest BCUT2D eigenvalue weighted by Crippen LogP contribution is 2.82. The van der Waals surface area contributed by atoms with Crippen LogP contribution in [0.15, 0.2) is 4.74 Å². The summed E-state index contributed by atoms with van der Waals surface area (Å²) >= 11 is 40.1. The van der Waals surface area contributed by atoms with Crippen molar-refractivity contribution < 1.29 is 0 Å². The van der Waals surface area contributed by atoms with Crippen LogP contribution in [-0.4, -0.2) is 13.1 Å². The molecule has 0 amide bonds. The first kappa shape index (κ1) is 16.3. The third-order valence-corrected chi connectivity index (χ3v) is 10.9. The van der Waals surface area contributed by atoms with Crippen LogP contribution in [0, 0.1) is 0 Å². The Kier molecular flexibility index (Phi) is 6.12.